The molecule has 198 valence electrons. The van der Waals surface area contributed by atoms with Gasteiger partial charge in [-0.3, -0.25) is 19.7 Å². The molecule has 4 rings (SSSR count). The Morgan fingerprint density at radius 3 is 2.51 bits per heavy atom. The molecule has 1 aromatic carbocycles. The number of amides is 3. The van der Waals surface area contributed by atoms with E-state index in [4.69, 9.17) is 9.57 Å². The van der Waals surface area contributed by atoms with Crippen LogP contribution in [-0.2, 0) is 20.9 Å². The quantitative estimate of drug-likeness (QED) is 0.513. The number of aromatic nitrogens is 1. The van der Waals surface area contributed by atoms with Gasteiger partial charge in [0.2, 0.25) is 5.91 Å². The zero-order valence-corrected chi connectivity index (χ0v) is 21.4. The van der Waals surface area contributed by atoms with Crippen molar-refractivity contribution < 1.29 is 24.0 Å². The van der Waals surface area contributed by atoms with E-state index < -0.39 is 6.09 Å². The van der Waals surface area contributed by atoms with Crippen molar-refractivity contribution in [3.63, 3.8) is 0 Å². The van der Waals surface area contributed by atoms with Gasteiger partial charge in [-0.15, -0.1) is 0 Å². The summed E-state index contributed by atoms with van der Waals surface area (Å²) < 4.78 is 5.51. The van der Waals surface area contributed by atoms with E-state index in [2.05, 4.69) is 15.6 Å². The summed E-state index contributed by atoms with van der Waals surface area (Å²) in [5.41, 5.74) is 2.12. The molecule has 10 heteroatoms. The van der Waals surface area contributed by atoms with Crippen molar-refractivity contribution in [2.75, 3.05) is 30.8 Å². The van der Waals surface area contributed by atoms with Crippen LogP contribution in [0.25, 0.3) is 0 Å². The van der Waals surface area contributed by atoms with Gasteiger partial charge in [-0.05, 0) is 42.7 Å². The van der Waals surface area contributed by atoms with Crippen molar-refractivity contribution in [2.45, 2.75) is 64.1 Å². The summed E-state index contributed by atoms with van der Waals surface area (Å²) in [6, 6.07) is 11.1. The predicted octanol–water partition coefficient (Wildman–Crippen LogP) is 4.20. The Labute approximate surface area is 217 Å². The minimum Gasteiger partial charge on any atom is -0.446 e. The van der Waals surface area contributed by atoms with Crippen molar-refractivity contribution in [3.05, 3.63) is 53.7 Å². The lowest BCUT2D eigenvalue weighted by molar-refractivity contribution is -0.130. The van der Waals surface area contributed by atoms with Gasteiger partial charge >= 0.3 is 6.09 Å². The smallest absolute Gasteiger partial charge is 0.413 e. The van der Waals surface area contributed by atoms with Crippen LogP contribution in [0.15, 0.2) is 42.6 Å². The van der Waals surface area contributed by atoms with Gasteiger partial charge in [-0.25, -0.2) is 14.8 Å². The first-order valence-corrected chi connectivity index (χ1v) is 12.8. The number of hydrogen-bond donors (Lipinski definition) is 2. The second-order valence-corrected chi connectivity index (χ2v) is 9.44. The Bertz CT molecular complexity index is 1100. The summed E-state index contributed by atoms with van der Waals surface area (Å²) in [6.45, 7) is 3.14. The average molecular weight is 510 g/mol. The van der Waals surface area contributed by atoms with Crippen LogP contribution in [0, 0.1) is 0 Å². The highest BCUT2D eigenvalue weighted by atomic mass is 16.7. The van der Waals surface area contributed by atoms with E-state index in [9.17, 15) is 14.4 Å². The molecule has 2 aromatic rings. The second-order valence-electron chi connectivity index (χ2n) is 9.44. The van der Waals surface area contributed by atoms with Gasteiger partial charge in [0.25, 0.3) is 5.91 Å². The van der Waals surface area contributed by atoms with Crippen LogP contribution in [0.3, 0.4) is 0 Å². The Kier molecular flexibility index (Phi) is 8.95. The molecule has 2 heterocycles. The number of hydroxylamine groups is 2. The maximum atomic E-state index is 13.3. The largest absolute Gasteiger partial charge is 0.446 e. The number of ether oxygens (including phenoxy) is 1. The summed E-state index contributed by atoms with van der Waals surface area (Å²) in [7, 11) is 1.54. The van der Waals surface area contributed by atoms with Gasteiger partial charge in [0, 0.05) is 51.3 Å². The normalized spacial score (nSPS) is 16.3. The maximum absolute atomic E-state index is 13.3. The van der Waals surface area contributed by atoms with Crippen LogP contribution >= 0.6 is 0 Å². The average Bonchev–Trinajstić information content (AvgIpc) is 3.43. The van der Waals surface area contributed by atoms with Gasteiger partial charge in [-0.2, -0.15) is 0 Å². The van der Waals surface area contributed by atoms with Gasteiger partial charge in [0.15, 0.2) is 0 Å². The third-order valence-electron chi connectivity index (χ3n) is 6.91. The van der Waals surface area contributed by atoms with Gasteiger partial charge < -0.3 is 15.0 Å². The lowest BCUT2D eigenvalue weighted by atomic mass is 10.1. The van der Waals surface area contributed by atoms with Gasteiger partial charge in [0.05, 0.1) is 18.7 Å². The maximum Gasteiger partial charge on any atom is 0.413 e. The fourth-order valence-corrected chi connectivity index (χ4v) is 4.90. The molecule has 0 bridgehead atoms. The lowest BCUT2D eigenvalue weighted by Gasteiger charge is -2.30. The molecule has 1 aliphatic carbocycles. The Morgan fingerprint density at radius 1 is 1.08 bits per heavy atom. The van der Waals surface area contributed by atoms with Crippen molar-refractivity contribution in [3.8, 4) is 0 Å². The van der Waals surface area contributed by atoms with Crippen LogP contribution in [0.1, 0.15) is 61.4 Å². The number of piperidine rings is 1. The SMILES string of the molecule is CON(C(=O)c1ccccc1NCc1ccnc(NC(=O)OC2CCN(C(C)=O)CC2)c1)C1CCCC1. The molecule has 1 aliphatic heterocycles. The second kappa shape index (κ2) is 12.5. The Morgan fingerprint density at radius 2 is 1.81 bits per heavy atom. The fourth-order valence-electron chi connectivity index (χ4n) is 4.90. The number of carbonyl (C=O) groups is 3. The fraction of sp³-hybridized carbons (Fsp3) is 0.481. The van der Waals surface area contributed by atoms with Gasteiger partial charge in [0.1, 0.15) is 11.9 Å². The number of rotatable bonds is 8. The predicted molar refractivity (Wildman–Crippen MR) is 139 cm³/mol. The van der Waals surface area contributed by atoms with Crippen molar-refractivity contribution in [1.29, 1.82) is 0 Å². The number of likely N-dealkylation sites (tertiary alicyclic amines) is 1. The number of benzene rings is 1. The number of carbonyl (C=O) groups excluding carboxylic acids is 3. The summed E-state index contributed by atoms with van der Waals surface area (Å²) in [5, 5.41) is 7.52. The van der Waals surface area contributed by atoms with E-state index in [0.717, 1.165) is 31.2 Å². The van der Waals surface area contributed by atoms with Gasteiger partial charge in [-0.1, -0.05) is 25.0 Å². The van der Waals surface area contributed by atoms with E-state index in [1.165, 1.54) is 12.2 Å². The summed E-state index contributed by atoms with van der Waals surface area (Å²) in [4.78, 5) is 48.5. The molecular weight excluding hydrogens is 474 g/mol. The molecule has 0 radical (unpaired) electrons. The Balaban J connectivity index is 1.33. The molecule has 2 aliphatic rings. The summed E-state index contributed by atoms with van der Waals surface area (Å²) in [6.07, 6.45) is 6.14. The van der Waals surface area contributed by atoms with E-state index >= 15 is 0 Å². The van der Waals surface area contributed by atoms with E-state index in [-0.39, 0.29) is 24.0 Å². The number of nitrogens with zero attached hydrogens (tertiary/aromatic N) is 3. The van der Waals surface area contributed by atoms with Crippen LogP contribution in [0.4, 0.5) is 16.3 Å². The molecule has 10 nitrogen and oxygen atoms in total. The highest BCUT2D eigenvalue weighted by Gasteiger charge is 2.29. The van der Waals surface area contributed by atoms with Crippen LogP contribution in [0.2, 0.25) is 0 Å². The monoisotopic (exact) mass is 509 g/mol. The molecule has 2 N–H and O–H groups in total. The first kappa shape index (κ1) is 26.4. The first-order chi connectivity index (χ1) is 17.9. The summed E-state index contributed by atoms with van der Waals surface area (Å²) >= 11 is 0. The molecular formula is C27H35N5O5. The van der Waals surface area contributed by atoms with E-state index in [1.54, 1.807) is 30.2 Å². The number of nitrogens with one attached hydrogen (secondary N) is 2. The molecule has 3 amide bonds. The lowest BCUT2D eigenvalue weighted by Crippen LogP contribution is -2.40. The number of anilines is 2. The minimum atomic E-state index is -0.568. The zero-order valence-electron chi connectivity index (χ0n) is 21.4. The van der Waals surface area contributed by atoms with Crippen molar-refractivity contribution in [2.24, 2.45) is 0 Å². The molecule has 0 unspecified atom stereocenters. The molecule has 1 saturated heterocycles. The van der Waals surface area contributed by atoms with Crippen LogP contribution < -0.4 is 10.6 Å². The standard InChI is InChI=1S/C27H35N5O5/c1-19(33)31-15-12-22(13-16-31)37-27(35)30-25-17-20(11-14-28-25)18-29-24-10-6-5-9-23(24)26(34)32(36-2)21-7-3-4-8-21/h5-6,9-11,14,17,21-22,29H,3-4,7-8,12-13,15-16,18H2,1-2H3,(H,28,30,35). The highest BCUT2D eigenvalue weighted by molar-refractivity contribution is 5.99. The number of hydrogen-bond acceptors (Lipinski definition) is 7. The summed E-state index contributed by atoms with van der Waals surface area (Å²) in [5.74, 6) is 0.252. The number of pyridine rings is 1. The molecule has 1 saturated carbocycles. The molecule has 1 aromatic heterocycles. The highest BCUT2D eigenvalue weighted by Crippen LogP contribution is 2.27. The molecule has 0 atom stereocenters. The first-order valence-electron chi connectivity index (χ1n) is 12.8. The van der Waals surface area contributed by atoms with Crippen molar-refractivity contribution >= 4 is 29.4 Å². The minimum absolute atomic E-state index is 0.0364. The van der Waals surface area contributed by atoms with Crippen molar-refractivity contribution in [1.82, 2.24) is 14.9 Å². The topological polar surface area (TPSA) is 113 Å². The van der Waals surface area contributed by atoms with E-state index in [1.807, 2.05) is 24.3 Å². The third-order valence-corrected chi connectivity index (χ3v) is 6.91. The third kappa shape index (κ3) is 6.97. The Hall–Kier alpha value is -3.66. The molecule has 0 spiro atoms. The zero-order chi connectivity index (χ0) is 26.2. The van der Waals surface area contributed by atoms with E-state index in [0.29, 0.717) is 49.5 Å². The molecule has 2 fully saturated rings. The van der Waals surface area contributed by atoms with Crippen LogP contribution in [-0.4, -0.2) is 65.2 Å². The molecule has 37 heavy (non-hydrogen) atoms. The van der Waals surface area contributed by atoms with Crippen LogP contribution in [0.5, 0.6) is 0 Å². The number of para-hydroxylation sites is 1.